The summed E-state index contributed by atoms with van der Waals surface area (Å²) in [5.74, 6) is -6.20. The lowest BCUT2D eigenvalue weighted by molar-refractivity contribution is 0.102. The quantitative estimate of drug-likeness (QED) is 0.575. The number of hydrogen-bond donors (Lipinski definition) is 2. The summed E-state index contributed by atoms with van der Waals surface area (Å²) >= 11 is 6.21. The number of aliphatic hydroxyl groups excluding tert-OH is 1. The smallest absolute Gasteiger partial charge is 0.255 e. The summed E-state index contributed by atoms with van der Waals surface area (Å²) in [6, 6.07) is 6.96. The van der Waals surface area contributed by atoms with Gasteiger partial charge in [-0.15, -0.1) is 0 Å². The number of halogens is 4. The zero-order valence-corrected chi connectivity index (χ0v) is 19.3. The van der Waals surface area contributed by atoms with E-state index in [0.29, 0.717) is 25.0 Å². The number of benzene rings is 2. The molecule has 0 heterocycles. The number of fused-ring (bicyclic) bond motifs is 2. The van der Waals surface area contributed by atoms with Crippen LogP contribution in [0.1, 0.15) is 36.0 Å². The Morgan fingerprint density at radius 1 is 1.15 bits per heavy atom. The van der Waals surface area contributed by atoms with E-state index < -0.39 is 43.9 Å². The topological polar surface area (TPSA) is 107 Å². The number of anilines is 1. The van der Waals surface area contributed by atoms with Crippen LogP contribution in [0.3, 0.4) is 0 Å². The third-order valence-corrected chi connectivity index (χ3v) is 9.66. The zero-order chi connectivity index (χ0) is 24.8. The molecule has 4 atom stereocenters. The van der Waals surface area contributed by atoms with Crippen LogP contribution in [-0.4, -0.2) is 31.3 Å². The van der Waals surface area contributed by atoms with E-state index in [-0.39, 0.29) is 52.5 Å². The number of aliphatic hydroxyl groups is 1. The minimum absolute atomic E-state index is 0.0888. The molecule has 0 aromatic heterocycles. The fourth-order valence-electron chi connectivity index (χ4n) is 5.27. The number of nitriles is 1. The fraction of sp³-hybridized carbons (Fsp3) is 0.391. The van der Waals surface area contributed by atoms with Crippen molar-refractivity contribution in [2.24, 2.45) is 17.3 Å². The Labute approximate surface area is 199 Å². The van der Waals surface area contributed by atoms with E-state index in [4.69, 9.17) is 11.6 Å². The van der Waals surface area contributed by atoms with Crippen molar-refractivity contribution in [1.29, 1.82) is 5.26 Å². The predicted molar refractivity (Wildman–Crippen MR) is 117 cm³/mol. The third-order valence-electron chi connectivity index (χ3n) is 6.78. The predicted octanol–water partition coefficient (Wildman–Crippen LogP) is 4.47. The molecular formula is C23H20ClF3N2O4S. The maximum absolute atomic E-state index is 13.6. The highest BCUT2D eigenvalue weighted by Gasteiger charge is 2.54. The van der Waals surface area contributed by atoms with Crippen molar-refractivity contribution in [2.75, 3.05) is 11.9 Å². The first kappa shape index (κ1) is 24.5. The van der Waals surface area contributed by atoms with E-state index >= 15 is 0 Å². The van der Waals surface area contributed by atoms with Gasteiger partial charge in [0, 0.05) is 23.4 Å². The highest BCUT2D eigenvalue weighted by Crippen LogP contribution is 2.54. The van der Waals surface area contributed by atoms with Crippen LogP contribution in [0.2, 0.25) is 5.02 Å². The van der Waals surface area contributed by atoms with Gasteiger partial charge in [-0.25, -0.2) is 21.6 Å². The molecule has 2 N–H and O–H groups in total. The molecule has 4 rings (SSSR count). The van der Waals surface area contributed by atoms with E-state index in [1.807, 2.05) is 0 Å². The van der Waals surface area contributed by atoms with E-state index in [1.165, 1.54) is 12.1 Å². The molecule has 2 aromatic carbocycles. The molecule has 2 fully saturated rings. The number of amides is 1. The first-order valence-electron chi connectivity index (χ1n) is 10.5. The largest absolute Gasteiger partial charge is 0.395 e. The first-order chi connectivity index (χ1) is 16.0. The lowest BCUT2D eigenvalue weighted by Crippen LogP contribution is -2.43. The normalized spacial score (nSPS) is 26.2. The van der Waals surface area contributed by atoms with Crippen molar-refractivity contribution in [1.82, 2.24) is 0 Å². The van der Waals surface area contributed by atoms with Gasteiger partial charge in [-0.05, 0) is 55.7 Å². The van der Waals surface area contributed by atoms with Crippen LogP contribution < -0.4 is 5.32 Å². The van der Waals surface area contributed by atoms with Gasteiger partial charge >= 0.3 is 0 Å². The van der Waals surface area contributed by atoms with Gasteiger partial charge < -0.3 is 10.4 Å². The molecule has 0 saturated heterocycles. The molecule has 0 spiro atoms. The summed E-state index contributed by atoms with van der Waals surface area (Å²) < 4.78 is 67.3. The summed E-state index contributed by atoms with van der Waals surface area (Å²) in [7, 11) is -4.02. The molecule has 2 saturated carbocycles. The number of rotatable bonds is 5. The van der Waals surface area contributed by atoms with Crippen LogP contribution in [0.15, 0.2) is 35.2 Å². The molecule has 2 aliphatic rings. The van der Waals surface area contributed by atoms with Gasteiger partial charge in [0.05, 0.1) is 33.3 Å². The van der Waals surface area contributed by atoms with Gasteiger partial charge in [-0.2, -0.15) is 5.26 Å². The molecule has 0 aliphatic heterocycles. The molecule has 34 heavy (non-hydrogen) atoms. The van der Waals surface area contributed by atoms with E-state index in [0.717, 1.165) is 6.07 Å². The highest BCUT2D eigenvalue weighted by atomic mass is 35.5. The van der Waals surface area contributed by atoms with Crippen LogP contribution in [0.4, 0.5) is 18.9 Å². The van der Waals surface area contributed by atoms with Crippen molar-refractivity contribution in [2.45, 2.75) is 35.8 Å². The van der Waals surface area contributed by atoms with Gasteiger partial charge in [0.15, 0.2) is 27.3 Å². The number of carbonyl (C=O) groups is 1. The minimum atomic E-state index is -4.02. The maximum Gasteiger partial charge on any atom is 0.255 e. The van der Waals surface area contributed by atoms with Crippen molar-refractivity contribution in [3.8, 4) is 6.07 Å². The number of carbonyl (C=O) groups excluding carboxylic acids is 1. The van der Waals surface area contributed by atoms with Crippen LogP contribution in [0, 0.1) is 46.0 Å². The van der Waals surface area contributed by atoms with E-state index in [1.54, 1.807) is 0 Å². The number of nitrogens with zero attached hydrogens (tertiary/aromatic N) is 1. The van der Waals surface area contributed by atoms with Crippen molar-refractivity contribution < 1.29 is 31.5 Å². The Bertz CT molecular complexity index is 1270. The average Bonchev–Trinajstić information content (AvgIpc) is 3.09. The monoisotopic (exact) mass is 512 g/mol. The Kier molecular flexibility index (Phi) is 6.40. The second kappa shape index (κ2) is 8.87. The molecule has 1 amide bonds. The number of sulfone groups is 1. The molecule has 0 radical (unpaired) electrons. The Balaban J connectivity index is 1.64. The molecule has 2 aliphatic carbocycles. The molecule has 180 valence electrons. The Hall–Kier alpha value is -2.61. The van der Waals surface area contributed by atoms with Crippen LogP contribution >= 0.6 is 11.6 Å². The van der Waals surface area contributed by atoms with Gasteiger partial charge in [0.1, 0.15) is 0 Å². The summed E-state index contributed by atoms with van der Waals surface area (Å²) in [5, 5.41) is 20.6. The SMILES string of the molecule is N#C[C@]1(CO)CC2CC[C@H](C1)C2S(=O)(=O)c1cc(C(=O)Nc2cc(F)c(F)c(F)c2)ccc1Cl. The summed E-state index contributed by atoms with van der Waals surface area (Å²) in [5.41, 5.74) is -1.44. The summed E-state index contributed by atoms with van der Waals surface area (Å²) in [6.45, 7) is -0.343. The van der Waals surface area contributed by atoms with Crippen LogP contribution in [0.5, 0.6) is 0 Å². The van der Waals surface area contributed by atoms with Gasteiger partial charge in [-0.3, -0.25) is 4.79 Å². The van der Waals surface area contributed by atoms with Crippen molar-refractivity contribution >= 4 is 33.0 Å². The molecule has 2 aromatic rings. The lowest BCUT2D eigenvalue weighted by atomic mass is 9.70. The number of nitrogens with one attached hydrogen (secondary N) is 1. The second-order valence-electron chi connectivity index (χ2n) is 8.92. The molecule has 2 unspecified atom stereocenters. The van der Waals surface area contributed by atoms with Gasteiger partial charge in [-0.1, -0.05) is 11.6 Å². The summed E-state index contributed by atoms with van der Waals surface area (Å²) in [4.78, 5) is 12.4. The average molecular weight is 513 g/mol. The van der Waals surface area contributed by atoms with Crippen molar-refractivity contribution in [3.05, 3.63) is 58.4 Å². The second-order valence-corrected chi connectivity index (χ2v) is 11.4. The van der Waals surface area contributed by atoms with E-state index in [9.17, 15) is 36.8 Å². The van der Waals surface area contributed by atoms with E-state index in [2.05, 4.69) is 11.4 Å². The van der Waals surface area contributed by atoms with Crippen LogP contribution in [0.25, 0.3) is 0 Å². The molecule has 2 bridgehead atoms. The standard InChI is InChI=1S/C23H20ClF3N2O4S/c24-16-4-3-12(22(31)29-15-6-17(25)20(27)18(26)7-15)5-19(16)34(32,33)21-13-1-2-14(21)9-23(8-13,10-28)11-30/h3-7,13-14,21,30H,1-2,8-9,11H2,(H,29,31)/t13-,14?,21?,23-/m1/s1. The van der Waals surface area contributed by atoms with Gasteiger partial charge in [0.25, 0.3) is 5.91 Å². The Morgan fingerprint density at radius 2 is 1.74 bits per heavy atom. The van der Waals surface area contributed by atoms with Crippen molar-refractivity contribution in [3.63, 3.8) is 0 Å². The lowest BCUT2D eigenvalue weighted by Gasteiger charge is -2.39. The minimum Gasteiger partial charge on any atom is -0.395 e. The van der Waals surface area contributed by atoms with Gasteiger partial charge in [0.2, 0.25) is 0 Å². The molecular weight excluding hydrogens is 493 g/mol. The zero-order valence-electron chi connectivity index (χ0n) is 17.7. The Morgan fingerprint density at radius 3 is 2.26 bits per heavy atom. The third kappa shape index (κ3) is 4.17. The fourth-order valence-corrected chi connectivity index (χ4v) is 8.11. The highest BCUT2D eigenvalue weighted by molar-refractivity contribution is 7.92. The molecule has 6 nitrogen and oxygen atoms in total. The van der Waals surface area contributed by atoms with Crippen LogP contribution in [-0.2, 0) is 9.84 Å². The first-order valence-corrected chi connectivity index (χ1v) is 12.5. The number of hydrogen-bond acceptors (Lipinski definition) is 5. The molecule has 11 heteroatoms. The summed E-state index contributed by atoms with van der Waals surface area (Å²) in [6.07, 6.45) is 1.69. The maximum atomic E-state index is 13.6.